The molecule has 0 aliphatic rings. The fourth-order valence-corrected chi connectivity index (χ4v) is 1.95. The predicted octanol–water partition coefficient (Wildman–Crippen LogP) is 4.25. The molecular formula is C14H9F3N2. The van der Waals surface area contributed by atoms with Gasteiger partial charge < -0.3 is 4.98 Å². The molecule has 1 aromatic carbocycles. The van der Waals surface area contributed by atoms with Gasteiger partial charge in [0.15, 0.2) is 0 Å². The summed E-state index contributed by atoms with van der Waals surface area (Å²) >= 11 is 0. The van der Waals surface area contributed by atoms with E-state index in [-0.39, 0.29) is 0 Å². The highest BCUT2D eigenvalue weighted by molar-refractivity contribution is 5.78. The smallest absolute Gasteiger partial charge is 0.346 e. The normalized spacial score (nSPS) is 11.9. The highest BCUT2D eigenvalue weighted by Crippen LogP contribution is 2.31. The molecule has 2 aromatic heterocycles. The maximum Gasteiger partial charge on any atom is 0.416 e. The minimum Gasteiger partial charge on any atom is -0.346 e. The van der Waals surface area contributed by atoms with E-state index in [2.05, 4.69) is 9.97 Å². The fraction of sp³-hybridized carbons (Fsp3) is 0.0714. The molecule has 0 bridgehead atoms. The number of nitrogens with zero attached hydrogens (tertiary/aromatic N) is 1. The van der Waals surface area contributed by atoms with Gasteiger partial charge in [0, 0.05) is 17.1 Å². The average Bonchev–Trinajstić information content (AvgIpc) is 2.85. The first-order valence-electron chi connectivity index (χ1n) is 5.66. The minimum atomic E-state index is -4.34. The van der Waals surface area contributed by atoms with Crippen LogP contribution in [0.15, 0.2) is 48.7 Å². The largest absolute Gasteiger partial charge is 0.416 e. The number of nitrogens with one attached hydrogen (secondary N) is 1. The molecule has 1 N–H and O–H groups in total. The highest BCUT2D eigenvalue weighted by Gasteiger charge is 2.30. The van der Waals surface area contributed by atoms with Crippen molar-refractivity contribution in [2.24, 2.45) is 0 Å². The van der Waals surface area contributed by atoms with Crippen LogP contribution in [0.5, 0.6) is 0 Å². The van der Waals surface area contributed by atoms with Crippen molar-refractivity contribution in [2.45, 2.75) is 6.18 Å². The zero-order chi connectivity index (χ0) is 13.5. The van der Waals surface area contributed by atoms with Gasteiger partial charge in [0.2, 0.25) is 0 Å². The molecule has 0 aliphatic carbocycles. The lowest BCUT2D eigenvalue weighted by atomic mass is 10.1. The first kappa shape index (κ1) is 11.8. The lowest BCUT2D eigenvalue weighted by Gasteiger charge is -2.08. The van der Waals surface area contributed by atoms with Crippen molar-refractivity contribution >= 4 is 11.0 Å². The van der Waals surface area contributed by atoms with E-state index in [1.807, 2.05) is 12.1 Å². The van der Waals surface area contributed by atoms with E-state index < -0.39 is 11.7 Å². The van der Waals surface area contributed by atoms with Crippen molar-refractivity contribution in [1.82, 2.24) is 9.97 Å². The third-order valence-corrected chi connectivity index (χ3v) is 2.90. The SMILES string of the molecule is FC(F)(F)c1cccc(-c2ccc3cc[nH]c3n2)c1. The second-order valence-corrected chi connectivity index (χ2v) is 4.19. The van der Waals surface area contributed by atoms with Crippen LogP contribution in [-0.2, 0) is 6.18 Å². The Kier molecular flexibility index (Phi) is 2.55. The Labute approximate surface area is 106 Å². The van der Waals surface area contributed by atoms with Gasteiger partial charge in [-0.15, -0.1) is 0 Å². The number of rotatable bonds is 1. The molecule has 0 fully saturated rings. The summed E-state index contributed by atoms with van der Waals surface area (Å²) in [5, 5.41) is 0.927. The number of hydrogen-bond donors (Lipinski definition) is 1. The van der Waals surface area contributed by atoms with E-state index in [9.17, 15) is 13.2 Å². The van der Waals surface area contributed by atoms with Crippen LogP contribution in [0.3, 0.4) is 0 Å². The average molecular weight is 262 g/mol. The Hall–Kier alpha value is -2.30. The summed E-state index contributed by atoms with van der Waals surface area (Å²) in [6.07, 6.45) is -2.60. The Morgan fingerprint density at radius 1 is 1.00 bits per heavy atom. The number of hydrogen-bond acceptors (Lipinski definition) is 1. The maximum atomic E-state index is 12.7. The Morgan fingerprint density at radius 3 is 2.63 bits per heavy atom. The molecule has 0 atom stereocenters. The Bertz CT molecular complexity index is 729. The highest BCUT2D eigenvalue weighted by atomic mass is 19.4. The molecule has 3 aromatic rings. The summed E-state index contributed by atoms with van der Waals surface area (Å²) in [5.41, 5.74) is 0.959. The van der Waals surface area contributed by atoms with Gasteiger partial charge in [0.25, 0.3) is 0 Å². The van der Waals surface area contributed by atoms with Crippen molar-refractivity contribution in [2.75, 3.05) is 0 Å². The lowest BCUT2D eigenvalue weighted by Crippen LogP contribution is -2.04. The standard InChI is InChI=1S/C14H9F3N2/c15-14(16,17)11-3-1-2-10(8-11)12-5-4-9-6-7-18-13(9)19-12/h1-8H,(H,18,19). The molecule has 2 nitrogen and oxygen atoms in total. The maximum absolute atomic E-state index is 12.7. The van der Waals surface area contributed by atoms with Crippen molar-refractivity contribution < 1.29 is 13.2 Å². The third-order valence-electron chi connectivity index (χ3n) is 2.90. The first-order valence-corrected chi connectivity index (χ1v) is 5.66. The summed E-state index contributed by atoms with van der Waals surface area (Å²) in [6, 6.07) is 10.6. The van der Waals surface area contributed by atoms with Crippen LogP contribution in [0.25, 0.3) is 22.3 Å². The number of benzene rings is 1. The lowest BCUT2D eigenvalue weighted by molar-refractivity contribution is -0.137. The molecule has 0 spiro atoms. The van der Waals surface area contributed by atoms with E-state index in [1.165, 1.54) is 6.07 Å². The van der Waals surface area contributed by atoms with Crippen molar-refractivity contribution in [3.63, 3.8) is 0 Å². The van der Waals surface area contributed by atoms with E-state index in [1.54, 1.807) is 18.3 Å². The molecule has 0 aliphatic heterocycles. The zero-order valence-electron chi connectivity index (χ0n) is 9.70. The molecule has 5 heteroatoms. The molecule has 0 saturated heterocycles. The van der Waals surface area contributed by atoms with Crippen molar-refractivity contribution in [1.29, 1.82) is 0 Å². The predicted molar refractivity (Wildman–Crippen MR) is 66.5 cm³/mol. The van der Waals surface area contributed by atoms with Gasteiger partial charge in [-0.3, -0.25) is 0 Å². The van der Waals surface area contributed by atoms with Gasteiger partial charge >= 0.3 is 6.18 Å². The van der Waals surface area contributed by atoms with Gasteiger partial charge in [0.1, 0.15) is 5.65 Å². The van der Waals surface area contributed by atoms with E-state index in [0.29, 0.717) is 16.9 Å². The van der Waals surface area contributed by atoms with Crippen molar-refractivity contribution in [3.8, 4) is 11.3 Å². The third kappa shape index (κ3) is 2.19. The summed E-state index contributed by atoms with van der Waals surface area (Å²) in [5.74, 6) is 0. The zero-order valence-corrected chi connectivity index (χ0v) is 9.70. The molecule has 0 unspecified atom stereocenters. The van der Waals surface area contributed by atoms with Crippen LogP contribution in [0.2, 0.25) is 0 Å². The van der Waals surface area contributed by atoms with Gasteiger partial charge in [-0.2, -0.15) is 13.2 Å². The molecular weight excluding hydrogens is 253 g/mol. The molecule has 96 valence electrons. The van der Waals surface area contributed by atoms with Gasteiger partial charge in [-0.1, -0.05) is 12.1 Å². The molecule has 3 rings (SSSR count). The number of aromatic nitrogens is 2. The second kappa shape index (κ2) is 4.12. The van der Waals surface area contributed by atoms with Crippen LogP contribution in [0.1, 0.15) is 5.56 Å². The van der Waals surface area contributed by atoms with Gasteiger partial charge in [0.05, 0.1) is 11.3 Å². The van der Waals surface area contributed by atoms with Crippen LogP contribution >= 0.6 is 0 Å². The number of H-pyrrole nitrogens is 1. The molecule has 0 radical (unpaired) electrons. The number of pyridine rings is 1. The van der Waals surface area contributed by atoms with Gasteiger partial charge in [-0.25, -0.2) is 4.98 Å². The summed E-state index contributed by atoms with van der Waals surface area (Å²) in [4.78, 5) is 7.25. The summed E-state index contributed by atoms with van der Waals surface area (Å²) in [7, 11) is 0. The van der Waals surface area contributed by atoms with Crippen LogP contribution in [-0.4, -0.2) is 9.97 Å². The number of alkyl halides is 3. The topological polar surface area (TPSA) is 28.7 Å². The van der Waals surface area contributed by atoms with Crippen molar-refractivity contribution in [3.05, 3.63) is 54.2 Å². The number of halogens is 3. The Morgan fingerprint density at radius 2 is 1.84 bits per heavy atom. The molecule has 0 amide bonds. The number of aromatic amines is 1. The Balaban J connectivity index is 2.10. The van der Waals surface area contributed by atoms with Gasteiger partial charge in [-0.05, 0) is 30.3 Å². The van der Waals surface area contributed by atoms with Crippen LogP contribution < -0.4 is 0 Å². The second-order valence-electron chi connectivity index (χ2n) is 4.19. The molecule has 0 saturated carbocycles. The van der Waals surface area contributed by atoms with Crippen LogP contribution in [0, 0.1) is 0 Å². The summed E-state index contributed by atoms with van der Waals surface area (Å²) in [6.45, 7) is 0. The number of fused-ring (bicyclic) bond motifs is 1. The molecule has 2 heterocycles. The minimum absolute atomic E-state index is 0.450. The van der Waals surface area contributed by atoms with E-state index in [4.69, 9.17) is 0 Å². The first-order chi connectivity index (χ1) is 9.04. The summed E-state index contributed by atoms with van der Waals surface area (Å²) < 4.78 is 38.0. The monoisotopic (exact) mass is 262 g/mol. The van der Waals surface area contributed by atoms with E-state index in [0.717, 1.165) is 17.5 Å². The quantitative estimate of drug-likeness (QED) is 0.697. The fourth-order valence-electron chi connectivity index (χ4n) is 1.95. The van der Waals surface area contributed by atoms with E-state index >= 15 is 0 Å². The van der Waals surface area contributed by atoms with Crippen LogP contribution in [0.4, 0.5) is 13.2 Å². The molecule has 19 heavy (non-hydrogen) atoms.